The minimum atomic E-state index is -4.61. The van der Waals surface area contributed by atoms with Crippen molar-refractivity contribution in [1.82, 2.24) is 29.5 Å². The Morgan fingerprint density at radius 2 is 1.92 bits per heavy atom. The van der Waals surface area contributed by atoms with Gasteiger partial charge in [0.1, 0.15) is 11.6 Å². The lowest BCUT2D eigenvalue weighted by Gasteiger charge is -2.29. The van der Waals surface area contributed by atoms with Crippen molar-refractivity contribution < 1.29 is 13.2 Å². The highest BCUT2D eigenvalue weighted by Gasteiger charge is 2.37. The van der Waals surface area contributed by atoms with E-state index in [1.54, 1.807) is 26.1 Å². The molecule has 25 heavy (non-hydrogen) atoms. The quantitative estimate of drug-likeness (QED) is 0.670. The van der Waals surface area contributed by atoms with Gasteiger partial charge in [-0.1, -0.05) is 0 Å². The van der Waals surface area contributed by atoms with Crippen LogP contribution in [0.2, 0.25) is 0 Å². The van der Waals surface area contributed by atoms with Gasteiger partial charge in [0.15, 0.2) is 0 Å². The van der Waals surface area contributed by atoms with Gasteiger partial charge in [-0.25, -0.2) is 15.0 Å². The van der Waals surface area contributed by atoms with Crippen LogP contribution in [-0.4, -0.2) is 36.1 Å². The lowest BCUT2D eigenvalue weighted by atomic mass is 10.1. The Balaban J connectivity index is 1.80. The molecule has 130 valence electrons. The van der Waals surface area contributed by atoms with E-state index in [-0.39, 0.29) is 5.78 Å². The van der Waals surface area contributed by atoms with Gasteiger partial charge < -0.3 is 4.90 Å². The predicted molar refractivity (Wildman–Crippen MR) is 82.0 cm³/mol. The molecule has 10 heteroatoms. The van der Waals surface area contributed by atoms with Gasteiger partial charge in [0, 0.05) is 24.5 Å². The molecule has 0 spiro atoms. The van der Waals surface area contributed by atoms with Crippen LogP contribution >= 0.6 is 0 Å². The van der Waals surface area contributed by atoms with Crippen LogP contribution in [0.4, 0.5) is 19.0 Å². The fraction of sp³-hybridized carbons (Fsp3) is 0.400. The lowest BCUT2D eigenvalue weighted by molar-refractivity contribution is -0.144. The van der Waals surface area contributed by atoms with Crippen LogP contribution in [0.3, 0.4) is 0 Å². The number of rotatable bonds is 1. The number of fused-ring (bicyclic) bond motifs is 2. The van der Waals surface area contributed by atoms with E-state index < -0.39 is 12.0 Å². The van der Waals surface area contributed by atoms with E-state index in [1.807, 2.05) is 4.90 Å². The summed E-state index contributed by atoms with van der Waals surface area (Å²) in [4.78, 5) is 18.2. The van der Waals surface area contributed by atoms with Crippen molar-refractivity contribution in [3.05, 3.63) is 40.9 Å². The van der Waals surface area contributed by atoms with Gasteiger partial charge in [0.05, 0.1) is 12.2 Å². The zero-order valence-electron chi connectivity index (χ0n) is 13.5. The summed E-state index contributed by atoms with van der Waals surface area (Å²) in [5, 5.41) is 3.62. The molecule has 0 aromatic carbocycles. The van der Waals surface area contributed by atoms with Gasteiger partial charge >= 0.3 is 6.18 Å². The molecule has 4 heterocycles. The SMILES string of the molecule is Cc1cc(N2CCc3cnc(C)nc3C2)n2nc(C(F)(F)F)nc2n1. The molecule has 4 rings (SSSR count). The zero-order chi connectivity index (χ0) is 17.8. The van der Waals surface area contributed by atoms with E-state index in [9.17, 15) is 13.2 Å². The maximum Gasteiger partial charge on any atom is 0.453 e. The topological polar surface area (TPSA) is 72.1 Å². The Bertz CT molecular complexity index is 964. The largest absolute Gasteiger partial charge is 0.453 e. The highest BCUT2D eigenvalue weighted by Crippen LogP contribution is 2.29. The first-order valence-corrected chi connectivity index (χ1v) is 7.69. The van der Waals surface area contributed by atoms with Crippen molar-refractivity contribution in [2.75, 3.05) is 11.4 Å². The average molecular weight is 349 g/mol. The molecule has 0 N–H and O–H groups in total. The minimum absolute atomic E-state index is 0.0630. The summed E-state index contributed by atoms with van der Waals surface area (Å²) in [5.41, 5.74) is 2.50. The summed E-state index contributed by atoms with van der Waals surface area (Å²) in [6, 6.07) is 1.71. The number of anilines is 1. The fourth-order valence-electron chi connectivity index (χ4n) is 2.91. The summed E-state index contributed by atoms with van der Waals surface area (Å²) in [6.07, 6.45) is -2.10. The third kappa shape index (κ3) is 2.77. The second kappa shape index (κ2) is 5.36. The van der Waals surface area contributed by atoms with Crippen LogP contribution in [0, 0.1) is 13.8 Å². The number of aryl methyl sites for hydroxylation is 2. The van der Waals surface area contributed by atoms with Crippen molar-refractivity contribution in [1.29, 1.82) is 0 Å². The molecule has 1 aliphatic rings. The van der Waals surface area contributed by atoms with Gasteiger partial charge in [0.2, 0.25) is 0 Å². The maximum absolute atomic E-state index is 12.9. The minimum Gasteiger partial charge on any atom is -0.350 e. The molecule has 0 unspecified atom stereocenters. The van der Waals surface area contributed by atoms with Crippen LogP contribution < -0.4 is 4.90 Å². The molecule has 0 bridgehead atoms. The number of hydrogen-bond acceptors (Lipinski definition) is 6. The summed E-state index contributed by atoms with van der Waals surface area (Å²) in [7, 11) is 0. The van der Waals surface area contributed by atoms with Crippen LogP contribution in [0.1, 0.15) is 28.6 Å². The number of halogens is 3. The molecular formula is C15H14F3N7. The molecule has 0 fully saturated rings. The Hall–Kier alpha value is -2.78. The van der Waals surface area contributed by atoms with Crippen LogP contribution in [0.5, 0.6) is 0 Å². The lowest BCUT2D eigenvalue weighted by Crippen LogP contribution is -2.33. The van der Waals surface area contributed by atoms with Crippen molar-refractivity contribution >= 4 is 11.6 Å². The number of aromatic nitrogens is 6. The highest BCUT2D eigenvalue weighted by atomic mass is 19.4. The van der Waals surface area contributed by atoms with Gasteiger partial charge in [0.25, 0.3) is 11.6 Å². The third-order valence-electron chi connectivity index (χ3n) is 4.07. The molecule has 1 aliphatic heterocycles. The van der Waals surface area contributed by atoms with Gasteiger partial charge in [-0.05, 0) is 25.8 Å². The van der Waals surface area contributed by atoms with Crippen molar-refractivity contribution in [2.24, 2.45) is 0 Å². The molecule has 0 amide bonds. The second-order valence-corrected chi connectivity index (χ2v) is 5.96. The van der Waals surface area contributed by atoms with E-state index in [0.717, 1.165) is 15.8 Å². The molecule has 0 atom stereocenters. The van der Waals surface area contributed by atoms with E-state index in [1.165, 1.54) is 0 Å². The van der Waals surface area contributed by atoms with E-state index in [4.69, 9.17) is 0 Å². The molecular weight excluding hydrogens is 335 g/mol. The zero-order valence-corrected chi connectivity index (χ0v) is 13.5. The summed E-state index contributed by atoms with van der Waals surface area (Å²) in [6.45, 7) is 4.62. The summed E-state index contributed by atoms with van der Waals surface area (Å²) < 4.78 is 40.0. The maximum atomic E-state index is 12.9. The predicted octanol–water partition coefficient (Wildman–Crippen LogP) is 2.11. The van der Waals surface area contributed by atoms with Crippen LogP contribution in [0.15, 0.2) is 12.3 Å². The van der Waals surface area contributed by atoms with E-state index in [2.05, 4.69) is 25.0 Å². The molecule has 0 saturated carbocycles. The van der Waals surface area contributed by atoms with E-state index in [0.29, 0.717) is 36.8 Å². The smallest absolute Gasteiger partial charge is 0.350 e. The Morgan fingerprint density at radius 3 is 2.68 bits per heavy atom. The molecule has 0 aliphatic carbocycles. The normalized spacial score (nSPS) is 14.8. The summed E-state index contributed by atoms with van der Waals surface area (Å²) >= 11 is 0. The van der Waals surface area contributed by atoms with Crippen LogP contribution in [-0.2, 0) is 19.1 Å². The third-order valence-corrected chi connectivity index (χ3v) is 4.07. The second-order valence-electron chi connectivity index (χ2n) is 5.96. The first-order chi connectivity index (χ1) is 11.8. The average Bonchev–Trinajstić information content (AvgIpc) is 2.97. The fourth-order valence-corrected chi connectivity index (χ4v) is 2.91. The van der Waals surface area contributed by atoms with Crippen molar-refractivity contribution in [3.8, 4) is 0 Å². The Kier molecular flexibility index (Phi) is 3.37. The van der Waals surface area contributed by atoms with Crippen molar-refractivity contribution in [2.45, 2.75) is 33.0 Å². The standard InChI is InChI=1S/C15H14F3N7/c1-8-5-12(25-14(20-8)22-13(23-25)15(16,17)18)24-4-3-10-6-19-9(2)21-11(10)7-24/h5-6H,3-4,7H2,1-2H3. The van der Waals surface area contributed by atoms with Gasteiger partial charge in [-0.3, -0.25) is 0 Å². The monoisotopic (exact) mass is 349 g/mol. The Labute approximate surface area is 140 Å². The van der Waals surface area contributed by atoms with Gasteiger partial charge in [-0.2, -0.15) is 22.7 Å². The van der Waals surface area contributed by atoms with Crippen molar-refractivity contribution in [3.63, 3.8) is 0 Å². The number of alkyl halides is 3. The number of hydrogen-bond donors (Lipinski definition) is 0. The molecule has 7 nitrogen and oxygen atoms in total. The summed E-state index contributed by atoms with van der Waals surface area (Å²) in [5.74, 6) is -0.0707. The van der Waals surface area contributed by atoms with Gasteiger partial charge in [-0.15, -0.1) is 5.10 Å². The van der Waals surface area contributed by atoms with Crippen LogP contribution in [0.25, 0.3) is 5.78 Å². The molecule has 0 radical (unpaired) electrons. The molecule has 3 aromatic rings. The van der Waals surface area contributed by atoms with E-state index >= 15 is 0 Å². The highest BCUT2D eigenvalue weighted by molar-refractivity contribution is 5.49. The molecule has 0 saturated heterocycles. The first kappa shape index (κ1) is 15.7. The Morgan fingerprint density at radius 1 is 1.12 bits per heavy atom. The number of nitrogens with zero attached hydrogens (tertiary/aromatic N) is 7. The first-order valence-electron chi connectivity index (χ1n) is 7.69. The molecule has 3 aromatic heterocycles.